The summed E-state index contributed by atoms with van der Waals surface area (Å²) >= 11 is 0. The smallest absolute Gasteiger partial charge is 0.294 e. The lowest BCUT2D eigenvalue weighted by molar-refractivity contribution is 0.388. The van der Waals surface area contributed by atoms with Gasteiger partial charge in [-0.15, -0.1) is 0 Å². The topological polar surface area (TPSA) is 161 Å². The average molecular weight is 346 g/mol. The monoisotopic (exact) mass is 346 g/mol. The van der Waals surface area contributed by atoms with Gasteiger partial charge < -0.3 is 11.5 Å². The van der Waals surface area contributed by atoms with Gasteiger partial charge in [-0.25, -0.2) is 0 Å². The summed E-state index contributed by atoms with van der Waals surface area (Å²) in [6.07, 6.45) is 2.73. The molecule has 120 valence electrons. The lowest BCUT2D eigenvalue weighted by atomic mass is 9.83. The fourth-order valence-corrected chi connectivity index (χ4v) is 5.31. The first-order valence-corrected chi connectivity index (χ1v) is 8.80. The van der Waals surface area contributed by atoms with Crippen molar-refractivity contribution in [2.75, 3.05) is 0 Å². The van der Waals surface area contributed by atoms with E-state index < -0.39 is 29.9 Å². The maximum Gasteiger partial charge on any atom is 0.294 e. The molecule has 0 spiro atoms. The lowest BCUT2D eigenvalue weighted by Gasteiger charge is -2.41. The molecule has 1 unspecified atom stereocenters. The van der Waals surface area contributed by atoms with Crippen LogP contribution in [0.1, 0.15) is 5.56 Å². The molecule has 1 aromatic carbocycles. The predicted molar refractivity (Wildman–Crippen MR) is 79.5 cm³/mol. The quantitative estimate of drug-likeness (QED) is 0.544. The maximum absolute atomic E-state index is 11.9. The summed E-state index contributed by atoms with van der Waals surface area (Å²) in [5.74, 6) is 0. The van der Waals surface area contributed by atoms with Crippen molar-refractivity contribution in [2.45, 2.75) is 9.62 Å². The van der Waals surface area contributed by atoms with Crippen LogP contribution in [0, 0.1) is 0 Å². The molecule has 1 atom stereocenters. The molecule has 6 N–H and O–H groups in total. The van der Waals surface area contributed by atoms with Gasteiger partial charge in [-0.3, -0.25) is 9.11 Å². The van der Waals surface area contributed by atoms with Crippen LogP contribution in [0.5, 0.6) is 0 Å². The Kier molecular flexibility index (Phi) is 3.70. The minimum Gasteiger partial charge on any atom is -0.399 e. The molecule has 0 fully saturated rings. The van der Waals surface area contributed by atoms with Crippen LogP contribution in [0.2, 0.25) is 0 Å². The third-order valence-corrected chi connectivity index (χ3v) is 7.20. The largest absolute Gasteiger partial charge is 0.399 e. The summed E-state index contributed by atoms with van der Waals surface area (Å²) < 4.78 is 63.4. The van der Waals surface area contributed by atoms with Gasteiger partial charge in [0.1, 0.15) is 5.54 Å². The second-order valence-corrected chi connectivity index (χ2v) is 8.28. The van der Waals surface area contributed by atoms with E-state index in [4.69, 9.17) is 11.5 Å². The van der Waals surface area contributed by atoms with Crippen LogP contribution in [0.25, 0.3) is 0 Å². The van der Waals surface area contributed by atoms with Crippen molar-refractivity contribution in [2.24, 2.45) is 11.5 Å². The Labute approximate surface area is 127 Å². The maximum atomic E-state index is 11.9. The zero-order valence-electron chi connectivity index (χ0n) is 11.1. The van der Waals surface area contributed by atoms with Crippen molar-refractivity contribution in [3.63, 3.8) is 0 Å². The summed E-state index contributed by atoms with van der Waals surface area (Å²) in [7, 11) is -10.8. The average Bonchev–Trinajstić information content (AvgIpc) is 2.40. The van der Waals surface area contributed by atoms with Crippen molar-refractivity contribution < 1.29 is 25.9 Å². The lowest BCUT2D eigenvalue weighted by Crippen LogP contribution is -2.65. The number of hydrogen-bond donors (Lipinski definition) is 4. The Balaban J connectivity index is 2.98. The molecule has 0 aromatic heterocycles. The zero-order valence-corrected chi connectivity index (χ0v) is 12.8. The van der Waals surface area contributed by atoms with E-state index in [2.05, 4.69) is 0 Å². The van der Waals surface area contributed by atoms with Crippen molar-refractivity contribution in [3.8, 4) is 0 Å². The van der Waals surface area contributed by atoms with Crippen LogP contribution in [0.15, 0.2) is 54.3 Å². The zero-order chi connectivity index (χ0) is 16.8. The standard InChI is InChI=1S/C12H14N2O6S2/c13-10-6-7-11(14,9-4-2-1-3-5-9)12(8-10,21(15,16)17)22(18,19)20/h1-8H,13-14H2,(H,15,16,17)(H,18,19,20). The normalized spacial score (nSPS) is 24.8. The molecule has 1 aliphatic rings. The molecule has 0 saturated heterocycles. The molecule has 1 aliphatic carbocycles. The highest BCUT2D eigenvalue weighted by atomic mass is 32.3. The van der Waals surface area contributed by atoms with Gasteiger partial charge >= 0.3 is 0 Å². The molecule has 0 aliphatic heterocycles. The molecule has 0 radical (unpaired) electrons. The van der Waals surface area contributed by atoms with Gasteiger partial charge in [0.15, 0.2) is 0 Å². The van der Waals surface area contributed by atoms with Gasteiger partial charge in [-0.1, -0.05) is 36.4 Å². The molecule has 0 bridgehead atoms. The van der Waals surface area contributed by atoms with Crippen molar-refractivity contribution in [1.29, 1.82) is 0 Å². The van der Waals surface area contributed by atoms with Crippen LogP contribution in [0.3, 0.4) is 0 Å². The molecule has 10 heteroatoms. The van der Waals surface area contributed by atoms with E-state index in [-0.39, 0.29) is 11.3 Å². The van der Waals surface area contributed by atoms with Crippen molar-refractivity contribution in [1.82, 2.24) is 0 Å². The molecule has 1 aromatic rings. The van der Waals surface area contributed by atoms with Crippen LogP contribution in [-0.4, -0.2) is 30.0 Å². The van der Waals surface area contributed by atoms with E-state index in [1.54, 1.807) is 6.07 Å². The SMILES string of the molecule is NC1=CC(S(=O)(=O)O)(S(=O)(=O)O)C(N)(c2ccccc2)C=C1. The van der Waals surface area contributed by atoms with Crippen LogP contribution >= 0.6 is 0 Å². The summed E-state index contributed by atoms with van der Waals surface area (Å²) in [5.41, 5.74) is 8.98. The van der Waals surface area contributed by atoms with Gasteiger partial charge in [0, 0.05) is 5.70 Å². The molecule has 8 nitrogen and oxygen atoms in total. The van der Waals surface area contributed by atoms with E-state index in [1.807, 2.05) is 0 Å². The van der Waals surface area contributed by atoms with Gasteiger partial charge in [0.2, 0.25) is 0 Å². The Morgan fingerprint density at radius 2 is 1.45 bits per heavy atom. The Hall–Kier alpha value is -1.72. The van der Waals surface area contributed by atoms with Gasteiger partial charge in [0.05, 0.1) is 0 Å². The Bertz CT molecular complexity index is 826. The summed E-state index contributed by atoms with van der Waals surface area (Å²) in [6.45, 7) is 0. The summed E-state index contributed by atoms with van der Waals surface area (Å²) in [4.78, 5) is 0. The van der Waals surface area contributed by atoms with Crippen molar-refractivity contribution in [3.05, 3.63) is 59.8 Å². The van der Waals surface area contributed by atoms with E-state index in [1.165, 1.54) is 30.3 Å². The van der Waals surface area contributed by atoms with Gasteiger partial charge in [0.25, 0.3) is 24.3 Å². The van der Waals surface area contributed by atoms with Crippen molar-refractivity contribution >= 4 is 20.2 Å². The molecule has 2 rings (SSSR count). The molecule has 0 amide bonds. The second-order valence-electron chi connectivity index (χ2n) is 4.83. The minimum atomic E-state index is -5.40. The summed E-state index contributed by atoms with van der Waals surface area (Å²) in [6, 6.07) is 7.33. The highest BCUT2D eigenvalue weighted by molar-refractivity contribution is 8.05. The minimum absolute atomic E-state index is 0.0465. The number of nitrogens with two attached hydrogens (primary N) is 2. The van der Waals surface area contributed by atoms with E-state index >= 15 is 0 Å². The van der Waals surface area contributed by atoms with E-state index in [0.717, 1.165) is 6.08 Å². The predicted octanol–water partition coefficient (Wildman–Crippen LogP) is -0.275. The first kappa shape index (κ1) is 16.6. The summed E-state index contributed by atoms with van der Waals surface area (Å²) in [5, 5.41) is 0. The molecule has 22 heavy (non-hydrogen) atoms. The Morgan fingerprint density at radius 1 is 0.955 bits per heavy atom. The first-order valence-electron chi connectivity index (χ1n) is 5.92. The number of benzene rings is 1. The first-order chi connectivity index (χ1) is 9.96. The molecule has 0 heterocycles. The fourth-order valence-electron chi connectivity index (χ4n) is 2.45. The molecular formula is C12H14N2O6S2. The molecule has 0 saturated carbocycles. The third-order valence-electron chi connectivity index (χ3n) is 3.49. The second kappa shape index (κ2) is 4.89. The van der Waals surface area contributed by atoms with Crippen LogP contribution in [0.4, 0.5) is 0 Å². The highest BCUT2D eigenvalue weighted by Crippen LogP contribution is 2.45. The number of rotatable bonds is 3. The van der Waals surface area contributed by atoms with Crippen LogP contribution < -0.4 is 11.5 Å². The fraction of sp³-hybridized carbons (Fsp3) is 0.167. The highest BCUT2D eigenvalue weighted by Gasteiger charge is 2.66. The van der Waals surface area contributed by atoms with E-state index in [0.29, 0.717) is 6.08 Å². The molecular weight excluding hydrogens is 332 g/mol. The number of allylic oxidation sites excluding steroid dienone is 1. The third kappa shape index (κ3) is 2.16. The van der Waals surface area contributed by atoms with Crippen LogP contribution in [-0.2, 0) is 25.8 Å². The van der Waals surface area contributed by atoms with Gasteiger partial charge in [-0.2, -0.15) is 16.8 Å². The Morgan fingerprint density at radius 3 is 1.91 bits per heavy atom. The number of hydrogen-bond acceptors (Lipinski definition) is 6. The van der Waals surface area contributed by atoms with E-state index in [9.17, 15) is 25.9 Å². The van der Waals surface area contributed by atoms with Gasteiger partial charge in [-0.05, 0) is 17.7 Å².